The highest BCUT2D eigenvalue weighted by Crippen LogP contribution is 2.03. The summed E-state index contributed by atoms with van der Waals surface area (Å²) in [5.74, 6) is 0. The van der Waals surface area contributed by atoms with Crippen molar-refractivity contribution in [3.8, 4) is 0 Å². The van der Waals surface area contributed by atoms with Crippen molar-refractivity contribution in [2.75, 3.05) is 13.2 Å². The van der Waals surface area contributed by atoms with Crippen LogP contribution in [-0.2, 0) is 0 Å². The van der Waals surface area contributed by atoms with Gasteiger partial charge in [-0.3, -0.25) is 0 Å². The Morgan fingerprint density at radius 2 is 1.80 bits per heavy atom. The molecule has 3 heteroatoms. The molecule has 0 saturated heterocycles. The van der Waals surface area contributed by atoms with E-state index in [0.717, 1.165) is 25.8 Å². The number of hydrogen-bond acceptors (Lipinski definition) is 3. The summed E-state index contributed by atoms with van der Waals surface area (Å²) in [6, 6.07) is 0.0571. The van der Waals surface area contributed by atoms with Crippen molar-refractivity contribution in [2.24, 2.45) is 0 Å². The van der Waals surface area contributed by atoms with Gasteiger partial charge in [0.25, 0.3) is 0 Å². The van der Waals surface area contributed by atoms with Gasteiger partial charge < -0.3 is 15.5 Å². The molecule has 0 bridgehead atoms. The highest BCUT2D eigenvalue weighted by Gasteiger charge is 2.15. The van der Waals surface area contributed by atoms with Crippen LogP contribution < -0.4 is 5.32 Å². The van der Waals surface area contributed by atoms with E-state index < -0.39 is 6.10 Å². The third-order valence-electron chi connectivity index (χ3n) is 2.69. The number of nitrogens with one attached hydrogen (secondary N) is 1. The highest BCUT2D eigenvalue weighted by atomic mass is 16.3. The van der Waals surface area contributed by atoms with Crippen LogP contribution in [0.1, 0.15) is 52.4 Å². The van der Waals surface area contributed by atoms with E-state index in [2.05, 4.69) is 19.2 Å². The van der Waals surface area contributed by atoms with Crippen LogP contribution in [0.3, 0.4) is 0 Å². The third-order valence-corrected chi connectivity index (χ3v) is 2.69. The Bertz CT molecular complexity index is 131. The number of rotatable bonds is 10. The molecule has 0 unspecified atom stereocenters. The molecule has 3 nitrogen and oxygen atoms in total. The molecule has 0 rings (SSSR count). The van der Waals surface area contributed by atoms with E-state index >= 15 is 0 Å². The zero-order valence-corrected chi connectivity index (χ0v) is 10.2. The lowest BCUT2D eigenvalue weighted by Gasteiger charge is -2.22. The molecule has 0 saturated carbocycles. The first-order valence-electron chi connectivity index (χ1n) is 6.28. The van der Waals surface area contributed by atoms with Crippen molar-refractivity contribution < 1.29 is 10.2 Å². The molecule has 0 amide bonds. The van der Waals surface area contributed by atoms with E-state index in [9.17, 15) is 5.11 Å². The van der Waals surface area contributed by atoms with Crippen molar-refractivity contribution in [1.29, 1.82) is 0 Å². The third kappa shape index (κ3) is 7.77. The van der Waals surface area contributed by atoms with Crippen LogP contribution in [0.15, 0.2) is 0 Å². The first-order chi connectivity index (χ1) is 7.26. The van der Waals surface area contributed by atoms with E-state index in [1.807, 2.05) is 0 Å². The molecule has 0 aliphatic heterocycles. The molecule has 0 aliphatic rings. The summed E-state index contributed by atoms with van der Waals surface area (Å²) in [5, 5.41) is 21.7. The molecule has 15 heavy (non-hydrogen) atoms. The van der Waals surface area contributed by atoms with E-state index in [1.165, 1.54) is 19.3 Å². The number of aliphatic hydroxyl groups excluding tert-OH is 2. The lowest BCUT2D eigenvalue weighted by Crippen LogP contribution is -2.42. The monoisotopic (exact) mass is 217 g/mol. The first-order valence-corrected chi connectivity index (χ1v) is 6.28. The molecule has 3 N–H and O–H groups in total. The Balaban J connectivity index is 3.56. The summed E-state index contributed by atoms with van der Waals surface area (Å²) in [6.45, 7) is 5.09. The predicted octanol–water partition coefficient (Wildman–Crippen LogP) is 1.68. The van der Waals surface area contributed by atoms with Gasteiger partial charge in [0.2, 0.25) is 0 Å². The number of hydrogen-bond donors (Lipinski definition) is 3. The van der Waals surface area contributed by atoms with Crippen LogP contribution in [0.4, 0.5) is 0 Å². The van der Waals surface area contributed by atoms with Crippen LogP contribution in [0.25, 0.3) is 0 Å². The molecule has 0 fully saturated rings. The largest absolute Gasteiger partial charge is 0.394 e. The summed E-state index contributed by atoms with van der Waals surface area (Å²) in [4.78, 5) is 0. The minimum atomic E-state index is -0.615. The fourth-order valence-electron chi connectivity index (χ4n) is 1.71. The summed E-state index contributed by atoms with van der Waals surface area (Å²) in [5.41, 5.74) is 0. The van der Waals surface area contributed by atoms with Gasteiger partial charge in [-0.05, 0) is 19.4 Å². The average Bonchev–Trinajstić information content (AvgIpc) is 2.26. The van der Waals surface area contributed by atoms with Crippen molar-refractivity contribution in [1.82, 2.24) is 5.32 Å². The molecule has 0 spiro atoms. The molecular weight excluding hydrogens is 190 g/mol. The molecule has 0 aromatic heterocycles. The van der Waals surface area contributed by atoms with E-state index in [1.54, 1.807) is 0 Å². The second kappa shape index (κ2) is 10.4. The summed E-state index contributed by atoms with van der Waals surface area (Å²) in [7, 11) is 0. The fraction of sp³-hybridized carbons (Fsp3) is 1.00. The van der Waals surface area contributed by atoms with E-state index in [0.29, 0.717) is 0 Å². The maximum Gasteiger partial charge on any atom is 0.0923 e. The lowest BCUT2D eigenvalue weighted by atomic mass is 10.1. The van der Waals surface area contributed by atoms with Crippen molar-refractivity contribution in [3.63, 3.8) is 0 Å². The molecule has 0 heterocycles. The Morgan fingerprint density at radius 3 is 2.33 bits per heavy atom. The number of aliphatic hydroxyl groups is 2. The van der Waals surface area contributed by atoms with E-state index in [-0.39, 0.29) is 12.6 Å². The standard InChI is InChI=1S/C12H27NO2/c1-3-5-6-7-9-13-11(8-4-2)12(15)10-14/h11-15H,3-10H2,1-2H3/t11-,12+/m1/s1. The Kier molecular flexibility index (Phi) is 10.3. The normalized spacial score (nSPS) is 15.2. The van der Waals surface area contributed by atoms with Gasteiger partial charge in [0.15, 0.2) is 0 Å². The molecule has 92 valence electrons. The van der Waals surface area contributed by atoms with Gasteiger partial charge in [0.05, 0.1) is 12.7 Å². The van der Waals surface area contributed by atoms with Crippen molar-refractivity contribution in [3.05, 3.63) is 0 Å². The predicted molar refractivity (Wildman–Crippen MR) is 63.9 cm³/mol. The Labute approximate surface area is 93.9 Å². The van der Waals surface area contributed by atoms with Crippen LogP contribution in [0, 0.1) is 0 Å². The minimum Gasteiger partial charge on any atom is -0.394 e. The lowest BCUT2D eigenvalue weighted by molar-refractivity contribution is 0.0597. The maximum atomic E-state index is 9.54. The first kappa shape index (κ1) is 14.9. The van der Waals surface area contributed by atoms with Crippen LogP contribution in [0.2, 0.25) is 0 Å². The zero-order valence-electron chi connectivity index (χ0n) is 10.2. The maximum absolute atomic E-state index is 9.54. The van der Waals surface area contributed by atoms with E-state index in [4.69, 9.17) is 5.11 Å². The molecule has 0 aromatic carbocycles. The van der Waals surface area contributed by atoms with Crippen LogP contribution >= 0.6 is 0 Å². The Hall–Kier alpha value is -0.120. The summed E-state index contributed by atoms with van der Waals surface area (Å²) >= 11 is 0. The average molecular weight is 217 g/mol. The SMILES string of the molecule is CCCCCCN[C@H](CCC)[C@@H](O)CO. The van der Waals surface area contributed by atoms with Gasteiger partial charge in [0.1, 0.15) is 0 Å². The van der Waals surface area contributed by atoms with Gasteiger partial charge in [-0.1, -0.05) is 39.5 Å². The van der Waals surface area contributed by atoms with Gasteiger partial charge in [-0.15, -0.1) is 0 Å². The van der Waals surface area contributed by atoms with Gasteiger partial charge in [-0.25, -0.2) is 0 Å². The van der Waals surface area contributed by atoms with Crippen molar-refractivity contribution in [2.45, 2.75) is 64.5 Å². The van der Waals surface area contributed by atoms with Crippen molar-refractivity contribution >= 4 is 0 Å². The minimum absolute atomic E-state index is 0.0571. The summed E-state index contributed by atoms with van der Waals surface area (Å²) in [6.07, 6.45) is 6.28. The Morgan fingerprint density at radius 1 is 1.07 bits per heavy atom. The quantitative estimate of drug-likeness (QED) is 0.488. The van der Waals surface area contributed by atoms with Gasteiger partial charge in [-0.2, -0.15) is 0 Å². The molecule has 0 radical (unpaired) electrons. The molecular formula is C12H27NO2. The van der Waals surface area contributed by atoms with Gasteiger partial charge >= 0.3 is 0 Å². The van der Waals surface area contributed by atoms with Gasteiger partial charge in [0, 0.05) is 6.04 Å². The second-order valence-corrected chi connectivity index (χ2v) is 4.16. The second-order valence-electron chi connectivity index (χ2n) is 4.16. The molecule has 0 aromatic rings. The van der Waals surface area contributed by atoms with Crippen LogP contribution in [-0.4, -0.2) is 35.5 Å². The molecule has 2 atom stereocenters. The van der Waals surface area contributed by atoms with Crippen LogP contribution in [0.5, 0.6) is 0 Å². The fourth-order valence-corrected chi connectivity index (χ4v) is 1.71. The highest BCUT2D eigenvalue weighted by molar-refractivity contribution is 4.74. The topological polar surface area (TPSA) is 52.5 Å². The zero-order chi connectivity index (χ0) is 11.5. The smallest absolute Gasteiger partial charge is 0.0923 e. The molecule has 0 aliphatic carbocycles. The summed E-state index contributed by atoms with van der Waals surface area (Å²) < 4.78 is 0. The number of unbranched alkanes of at least 4 members (excludes halogenated alkanes) is 3.